The summed E-state index contributed by atoms with van der Waals surface area (Å²) in [7, 11) is 0. The highest BCUT2D eigenvalue weighted by molar-refractivity contribution is 5.54. The van der Waals surface area contributed by atoms with Gasteiger partial charge in [0.2, 0.25) is 0 Å². The third-order valence-electron chi connectivity index (χ3n) is 6.12. The van der Waals surface area contributed by atoms with Crippen molar-refractivity contribution in [2.24, 2.45) is 0 Å². The van der Waals surface area contributed by atoms with E-state index in [9.17, 15) is 18.4 Å². The highest BCUT2D eigenvalue weighted by Gasteiger charge is 2.30. The summed E-state index contributed by atoms with van der Waals surface area (Å²) in [5, 5.41) is 17.3. The van der Waals surface area contributed by atoms with Crippen molar-refractivity contribution >= 4 is 0 Å². The Bertz CT molecular complexity index is 1050. The van der Waals surface area contributed by atoms with Crippen LogP contribution in [-0.2, 0) is 25.7 Å². The second kappa shape index (κ2) is 14.1. The third kappa shape index (κ3) is 9.39. The van der Waals surface area contributed by atoms with Crippen molar-refractivity contribution in [3.63, 3.8) is 0 Å². The number of nitrogens with zero attached hydrogens (tertiary/aromatic N) is 3. The molecule has 3 aromatic rings. The molecule has 1 aromatic heterocycles. The Morgan fingerprint density at radius 2 is 1.44 bits per heavy atom. The van der Waals surface area contributed by atoms with E-state index in [4.69, 9.17) is 4.52 Å². The summed E-state index contributed by atoms with van der Waals surface area (Å²) in [6, 6.07) is 12.1. The fourth-order valence-corrected chi connectivity index (χ4v) is 4.18. The predicted molar refractivity (Wildman–Crippen MR) is 135 cm³/mol. The molecule has 0 aliphatic heterocycles. The largest absolute Gasteiger partial charge is 0.785 e. The molecule has 0 aliphatic carbocycles. The average Bonchev–Trinajstić information content (AvgIpc) is 3.32. The van der Waals surface area contributed by atoms with Crippen LogP contribution in [-0.4, -0.2) is 15.2 Å². The van der Waals surface area contributed by atoms with E-state index in [2.05, 4.69) is 17.1 Å². The number of alkyl halides is 3. The Hall–Kier alpha value is -2.71. The molecular weight excluding hydrogens is 467 g/mol. The van der Waals surface area contributed by atoms with E-state index in [-0.39, 0.29) is 13.1 Å². The maximum absolute atomic E-state index is 12.9. The highest BCUT2D eigenvalue weighted by atomic mass is 19.4. The number of hydrogen-bond donors (Lipinski definition) is 0. The Morgan fingerprint density at radius 1 is 0.833 bits per heavy atom. The highest BCUT2D eigenvalue weighted by Crippen LogP contribution is 2.30. The number of unbranched alkanes of at least 4 members (excludes halogenated alkanes) is 8. The van der Waals surface area contributed by atoms with Gasteiger partial charge in [0, 0.05) is 25.1 Å². The molecule has 36 heavy (non-hydrogen) atoms. The van der Waals surface area contributed by atoms with Crippen LogP contribution in [0, 0.1) is 5.21 Å². The van der Waals surface area contributed by atoms with Crippen molar-refractivity contribution in [3.05, 3.63) is 76.3 Å². The first-order valence-corrected chi connectivity index (χ1v) is 12.8. The van der Waals surface area contributed by atoms with Crippen LogP contribution >= 0.6 is 0 Å². The zero-order valence-corrected chi connectivity index (χ0v) is 20.9. The number of benzene rings is 2. The second-order valence-electron chi connectivity index (χ2n) is 9.29. The summed E-state index contributed by atoms with van der Waals surface area (Å²) >= 11 is 0. The van der Waals surface area contributed by atoms with E-state index >= 15 is 0 Å². The number of rotatable bonds is 15. The number of aryl methyl sites for hydroxylation is 1. The van der Waals surface area contributed by atoms with Crippen molar-refractivity contribution in [1.29, 1.82) is 0 Å². The van der Waals surface area contributed by atoms with E-state index in [1.165, 1.54) is 57.1 Å². The molecule has 8 heteroatoms. The number of hydroxylamine groups is 2. The van der Waals surface area contributed by atoms with Gasteiger partial charge in [0.1, 0.15) is 0 Å². The fraction of sp³-hybridized carbons (Fsp3) is 0.500. The lowest BCUT2D eigenvalue weighted by atomic mass is 10.1. The van der Waals surface area contributed by atoms with Gasteiger partial charge in [-0.2, -0.15) is 18.2 Å². The summed E-state index contributed by atoms with van der Waals surface area (Å²) < 4.78 is 44.2. The van der Waals surface area contributed by atoms with Crippen LogP contribution in [0.3, 0.4) is 0 Å². The molecule has 196 valence electrons. The molecule has 0 fully saturated rings. The van der Waals surface area contributed by atoms with E-state index in [0.29, 0.717) is 28.4 Å². The molecule has 0 atom stereocenters. The molecule has 0 saturated heterocycles. The van der Waals surface area contributed by atoms with Gasteiger partial charge < -0.3 is 14.8 Å². The lowest BCUT2D eigenvalue weighted by Gasteiger charge is -2.28. The minimum atomic E-state index is -4.44. The zero-order chi connectivity index (χ0) is 25.8. The molecule has 1 heterocycles. The molecular formula is C28H35F3N3O2-. The SMILES string of the molecule is CCCCCCCCCCCc1noc(-c2cccc(CN([O-])Cc3cccc(C(F)(F)F)c3)c2)n1. The van der Waals surface area contributed by atoms with Crippen molar-refractivity contribution in [3.8, 4) is 11.5 Å². The van der Waals surface area contributed by atoms with Gasteiger partial charge in [-0.3, -0.25) is 0 Å². The smallest absolute Gasteiger partial charge is 0.416 e. The summed E-state index contributed by atoms with van der Waals surface area (Å²) in [5.74, 6) is 1.08. The molecule has 0 spiro atoms. The Labute approximate surface area is 211 Å². The maximum atomic E-state index is 12.9. The van der Waals surface area contributed by atoms with E-state index < -0.39 is 11.7 Å². The molecule has 0 aliphatic rings. The van der Waals surface area contributed by atoms with E-state index in [1.54, 1.807) is 18.2 Å². The minimum Gasteiger partial charge on any atom is -0.785 e. The summed E-state index contributed by atoms with van der Waals surface area (Å²) in [4.78, 5) is 4.49. The van der Waals surface area contributed by atoms with Crippen molar-refractivity contribution < 1.29 is 17.7 Å². The fourth-order valence-electron chi connectivity index (χ4n) is 4.18. The molecule has 0 unspecified atom stereocenters. The van der Waals surface area contributed by atoms with Crippen LogP contribution in [0.2, 0.25) is 0 Å². The van der Waals surface area contributed by atoms with Crippen molar-refractivity contribution in [2.45, 2.75) is 90.4 Å². The van der Waals surface area contributed by atoms with Gasteiger partial charge >= 0.3 is 6.18 Å². The van der Waals surface area contributed by atoms with Gasteiger partial charge in [-0.25, -0.2) is 0 Å². The van der Waals surface area contributed by atoms with Gasteiger partial charge in [-0.05, 0) is 35.7 Å². The Balaban J connectivity index is 1.46. The molecule has 0 N–H and O–H groups in total. The zero-order valence-electron chi connectivity index (χ0n) is 20.9. The van der Waals surface area contributed by atoms with E-state index in [1.807, 2.05) is 6.07 Å². The van der Waals surface area contributed by atoms with Crippen LogP contribution in [0.5, 0.6) is 0 Å². The van der Waals surface area contributed by atoms with E-state index in [0.717, 1.165) is 36.5 Å². The van der Waals surface area contributed by atoms with Crippen LogP contribution in [0.25, 0.3) is 11.5 Å². The molecule has 0 bridgehead atoms. The van der Waals surface area contributed by atoms with Crippen LogP contribution in [0.15, 0.2) is 53.1 Å². The lowest BCUT2D eigenvalue weighted by molar-refractivity contribution is -0.137. The first-order valence-electron chi connectivity index (χ1n) is 12.8. The molecule has 5 nitrogen and oxygen atoms in total. The van der Waals surface area contributed by atoms with Crippen LogP contribution in [0.1, 0.15) is 87.2 Å². The first-order chi connectivity index (χ1) is 17.3. The molecule has 2 aromatic carbocycles. The molecule has 3 rings (SSSR count). The third-order valence-corrected chi connectivity index (χ3v) is 6.12. The standard InChI is InChI=1S/C28H35F3N3O2/c1-2-3-4-5-6-7-8-9-10-17-26-32-27(36-33-26)24-15-11-13-22(18-24)20-34(35)21-23-14-12-16-25(19-23)28(29,30)31/h11-16,18-19H,2-10,17,20-21H2,1H3/q-1. The quantitative estimate of drug-likeness (QED) is 0.154. The molecule has 0 saturated carbocycles. The maximum Gasteiger partial charge on any atom is 0.416 e. The first kappa shape index (κ1) is 27.9. The van der Waals surface area contributed by atoms with Gasteiger partial charge in [0.25, 0.3) is 5.89 Å². The second-order valence-corrected chi connectivity index (χ2v) is 9.29. The summed E-state index contributed by atoms with van der Waals surface area (Å²) in [5.41, 5.74) is 0.984. The predicted octanol–water partition coefficient (Wildman–Crippen LogP) is 8.33. The topological polar surface area (TPSA) is 65.2 Å². The number of halogens is 3. The van der Waals surface area contributed by atoms with Gasteiger partial charge in [0.15, 0.2) is 5.82 Å². The average molecular weight is 503 g/mol. The summed E-state index contributed by atoms with van der Waals surface area (Å²) in [6.07, 6.45) is 7.59. The Kier molecular flexibility index (Phi) is 10.9. The number of hydrogen-bond acceptors (Lipinski definition) is 5. The van der Waals surface area contributed by atoms with Gasteiger partial charge in [-0.15, -0.1) is 0 Å². The van der Waals surface area contributed by atoms with Gasteiger partial charge in [0.05, 0.1) is 5.56 Å². The minimum absolute atomic E-state index is 0.0313. The molecule has 0 amide bonds. The van der Waals surface area contributed by atoms with Crippen LogP contribution < -0.4 is 0 Å². The normalized spacial score (nSPS) is 11.9. The number of aromatic nitrogens is 2. The molecule has 0 radical (unpaired) electrons. The van der Waals surface area contributed by atoms with Crippen molar-refractivity contribution in [1.82, 2.24) is 15.2 Å². The Morgan fingerprint density at radius 3 is 2.11 bits per heavy atom. The summed E-state index contributed by atoms with van der Waals surface area (Å²) in [6.45, 7) is 2.12. The monoisotopic (exact) mass is 502 g/mol. The lowest BCUT2D eigenvalue weighted by Crippen LogP contribution is -2.16. The van der Waals surface area contributed by atoms with Crippen molar-refractivity contribution in [2.75, 3.05) is 0 Å². The van der Waals surface area contributed by atoms with Gasteiger partial charge in [-0.1, -0.05) is 93.8 Å². The van der Waals surface area contributed by atoms with Crippen LogP contribution in [0.4, 0.5) is 13.2 Å².